The van der Waals surface area contributed by atoms with Crippen LogP contribution in [0.4, 0.5) is 4.39 Å². The van der Waals surface area contributed by atoms with Gasteiger partial charge < -0.3 is 19.8 Å². The summed E-state index contributed by atoms with van der Waals surface area (Å²) in [6.45, 7) is 5.14. The number of ether oxygens (including phenoxy) is 1. The summed E-state index contributed by atoms with van der Waals surface area (Å²) in [6, 6.07) is 5.47. The van der Waals surface area contributed by atoms with Crippen molar-refractivity contribution >= 4 is 27.0 Å². The fraction of sp³-hybridized carbons (Fsp3) is 0.286. The molecule has 0 aliphatic carbocycles. The molecule has 34 heavy (non-hydrogen) atoms. The number of hydrogen-bond acceptors (Lipinski definition) is 8. The van der Waals surface area contributed by atoms with Gasteiger partial charge in [-0.3, -0.25) is 9.59 Å². The summed E-state index contributed by atoms with van der Waals surface area (Å²) < 4.78 is 49.1. The Morgan fingerprint density at radius 2 is 1.79 bits per heavy atom. The van der Waals surface area contributed by atoms with Gasteiger partial charge in [-0.25, -0.2) is 18.2 Å². The molecular weight excluding hydrogens is 469 g/mol. The fourth-order valence-electron chi connectivity index (χ4n) is 3.82. The van der Waals surface area contributed by atoms with Gasteiger partial charge in [-0.1, -0.05) is 13.0 Å². The van der Waals surface area contributed by atoms with Crippen molar-refractivity contribution in [2.24, 2.45) is 5.10 Å². The number of aryl methyl sites for hydroxylation is 1. The van der Waals surface area contributed by atoms with Crippen LogP contribution >= 0.6 is 0 Å². The number of hydrazone groups is 1. The van der Waals surface area contributed by atoms with Crippen molar-refractivity contribution in [2.45, 2.75) is 44.0 Å². The minimum Gasteiger partial charge on any atom is -0.429 e. The van der Waals surface area contributed by atoms with Crippen molar-refractivity contribution in [2.75, 3.05) is 0 Å². The zero-order chi connectivity index (χ0) is 24.8. The van der Waals surface area contributed by atoms with E-state index in [1.807, 2.05) is 0 Å². The second kappa shape index (κ2) is 8.66. The van der Waals surface area contributed by atoms with E-state index in [0.29, 0.717) is 5.56 Å². The Bertz CT molecular complexity index is 1530. The van der Waals surface area contributed by atoms with Gasteiger partial charge in [0.2, 0.25) is 15.9 Å². The Labute approximate surface area is 192 Å². The van der Waals surface area contributed by atoms with Crippen LogP contribution in [-0.2, 0) is 14.8 Å². The molecule has 180 valence electrons. The van der Waals surface area contributed by atoms with E-state index in [1.165, 1.54) is 24.3 Å². The van der Waals surface area contributed by atoms with Crippen LogP contribution in [0.3, 0.4) is 0 Å². The number of hydrogen-bond donors (Lipinski definition) is 5. The molecule has 0 spiro atoms. The summed E-state index contributed by atoms with van der Waals surface area (Å²) in [5, 5.41) is 13.5. The number of halogens is 1. The molecule has 1 aromatic heterocycles. The van der Waals surface area contributed by atoms with E-state index in [-0.39, 0.29) is 27.4 Å². The maximum absolute atomic E-state index is 14.8. The molecule has 1 aliphatic rings. The quantitative estimate of drug-likeness (QED) is 0.315. The van der Waals surface area contributed by atoms with Crippen molar-refractivity contribution < 1.29 is 22.7 Å². The zero-order valence-corrected chi connectivity index (χ0v) is 19.2. The molecule has 3 atom stereocenters. The molecule has 2 aromatic carbocycles. The van der Waals surface area contributed by atoms with Gasteiger partial charge >= 0.3 is 11.1 Å². The molecule has 0 radical (unpaired) electrons. The summed E-state index contributed by atoms with van der Waals surface area (Å²) in [5.41, 5.74) is 2.53. The van der Waals surface area contributed by atoms with Crippen LogP contribution in [0.15, 0.2) is 49.9 Å². The lowest BCUT2D eigenvalue weighted by Gasteiger charge is -2.26. The van der Waals surface area contributed by atoms with E-state index in [9.17, 15) is 27.5 Å². The predicted octanol–water partition coefficient (Wildman–Crippen LogP) is 0.632. The number of H-pyrrole nitrogens is 2. The molecule has 5 N–H and O–H groups in total. The number of aromatic nitrogens is 2. The maximum atomic E-state index is 14.8. The van der Waals surface area contributed by atoms with Gasteiger partial charge in [-0.2, -0.15) is 4.72 Å². The molecule has 0 bridgehead atoms. The lowest BCUT2D eigenvalue weighted by molar-refractivity contribution is -0.0359. The first kappa shape index (κ1) is 23.6. The summed E-state index contributed by atoms with van der Waals surface area (Å²) >= 11 is 0. The number of rotatable bonds is 6. The lowest BCUT2D eigenvalue weighted by atomic mass is 9.88. The normalized spacial score (nSPS) is 17.7. The average molecular weight is 492 g/mol. The van der Waals surface area contributed by atoms with Gasteiger partial charge in [0.1, 0.15) is 11.9 Å². The molecule has 11 nitrogen and oxygen atoms in total. The van der Waals surface area contributed by atoms with Crippen LogP contribution < -0.4 is 21.3 Å². The number of fused-ring (bicyclic) bond motifs is 1. The number of nitrogens with zero attached hydrogens (tertiary/aromatic N) is 1. The summed E-state index contributed by atoms with van der Waals surface area (Å²) in [4.78, 5) is 27.6. The second-order valence-corrected chi connectivity index (χ2v) is 9.67. The lowest BCUT2D eigenvalue weighted by Crippen LogP contribution is -2.45. The first-order valence-corrected chi connectivity index (χ1v) is 11.7. The molecule has 0 amide bonds. The summed E-state index contributed by atoms with van der Waals surface area (Å²) in [5.74, 6) is -1.50. The fourth-order valence-corrected chi connectivity index (χ4v) is 5.12. The number of nitrogens with one attached hydrogen (secondary N) is 4. The van der Waals surface area contributed by atoms with E-state index in [0.717, 1.165) is 5.56 Å². The van der Waals surface area contributed by atoms with Crippen LogP contribution in [0.1, 0.15) is 29.5 Å². The predicted molar refractivity (Wildman–Crippen MR) is 121 cm³/mol. The Hall–Kier alpha value is -3.55. The van der Waals surface area contributed by atoms with Gasteiger partial charge in [0, 0.05) is 5.92 Å². The second-order valence-electron chi connectivity index (χ2n) is 7.96. The third-order valence-corrected chi connectivity index (χ3v) is 7.20. The molecule has 3 aromatic rings. The Balaban J connectivity index is 1.77. The standard InChI is InChI=1S/C21H22FN5O6S/c1-9-4-6-13(22)16(10(9)2)11(3)17(20-25-26-21(30)33-20)27-34(31,32)12-5-7-14-15(8-12)24-19(29)18(28)23-14/h4-8,11,17,21,26-27,30H,1-3H3,(H,23,28)(H,24,29)/t11-,17+,21?/m1/s1. The van der Waals surface area contributed by atoms with Gasteiger partial charge in [0.25, 0.3) is 6.41 Å². The molecule has 1 unspecified atom stereocenters. The van der Waals surface area contributed by atoms with E-state index in [4.69, 9.17) is 4.74 Å². The summed E-state index contributed by atoms with van der Waals surface area (Å²) in [7, 11) is -4.27. The van der Waals surface area contributed by atoms with Gasteiger partial charge in [0.05, 0.1) is 15.9 Å². The number of benzene rings is 2. The van der Waals surface area contributed by atoms with Crippen LogP contribution in [-0.4, -0.2) is 41.8 Å². The van der Waals surface area contributed by atoms with Crippen LogP contribution in [0.5, 0.6) is 0 Å². The smallest absolute Gasteiger partial charge is 0.314 e. The molecule has 13 heteroatoms. The van der Waals surface area contributed by atoms with Gasteiger partial charge in [-0.15, -0.1) is 5.10 Å². The molecule has 0 saturated heterocycles. The largest absolute Gasteiger partial charge is 0.429 e. The van der Waals surface area contributed by atoms with E-state index in [2.05, 4.69) is 25.2 Å². The average Bonchev–Trinajstić information content (AvgIpc) is 3.21. The van der Waals surface area contributed by atoms with Crippen molar-refractivity contribution in [1.29, 1.82) is 0 Å². The van der Waals surface area contributed by atoms with Crippen molar-refractivity contribution in [3.8, 4) is 0 Å². The minimum atomic E-state index is -4.27. The Morgan fingerprint density at radius 3 is 2.44 bits per heavy atom. The number of sulfonamides is 1. The highest BCUT2D eigenvalue weighted by Crippen LogP contribution is 2.30. The summed E-state index contributed by atoms with van der Waals surface area (Å²) in [6.07, 6.45) is -1.49. The molecular formula is C21H22FN5O6S. The van der Waals surface area contributed by atoms with E-state index < -0.39 is 45.3 Å². The molecule has 0 saturated carbocycles. The number of aliphatic hydroxyl groups excluding tert-OH is 1. The molecule has 1 aliphatic heterocycles. The topological polar surface area (TPSA) is 166 Å². The first-order chi connectivity index (χ1) is 16.0. The SMILES string of the molecule is Cc1ccc(F)c([C@@H](C)[C@H](NS(=O)(=O)c2ccc3[nH]c(=O)c(=O)[nH]c3c2)C2=NNC(O)O2)c1C. The van der Waals surface area contributed by atoms with Crippen molar-refractivity contribution in [3.63, 3.8) is 0 Å². The number of aliphatic hydroxyl groups is 1. The van der Waals surface area contributed by atoms with Crippen LogP contribution in [0.2, 0.25) is 0 Å². The molecule has 4 rings (SSSR count). The number of aromatic amines is 2. The monoisotopic (exact) mass is 491 g/mol. The highest BCUT2D eigenvalue weighted by Gasteiger charge is 2.36. The molecule has 2 heterocycles. The van der Waals surface area contributed by atoms with Gasteiger partial charge in [0.15, 0.2) is 0 Å². The Morgan fingerprint density at radius 1 is 1.12 bits per heavy atom. The van der Waals surface area contributed by atoms with Crippen molar-refractivity contribution in [3.05, 3.63) is 73.5 Å². The first-order valence-electron chi connectivity index (χ1n) is 10.2. The van der Waals surface area contributed by atoms with Crippen molar-refractivity contribution in [1.82, 2.24) is 20.1 Å². The van der Waals surface area contributed by atoms with Crippen LogP contribution in [0, 0.1) is 19.7 Å². The van der Waals surface area contributed by atoms with Gasteiger partial charge in [-0.05, 0) is 54.8 Å². The molecule has 0 fully saturated rings. The Kier molecular flexibility index (Phi) is 6.02. The maximum Gasteiger partial charge on any atom is 0.314 e. The highest BCUT2D eigenvalue weighted by atomic mass is 32.2. The van der Waals surface area contributed by atoms with Crippen LogP contribution in [0.25, 0.3) is 11.0 Å². The zero-order valence-electron chi connectivity index (χ0n) is 18.3. The minimum absolute atomic E-state index is 0.101. The third-order valence-electron chi connectivity index (χ3n) is 5.76. The van der Waals surface area contributed by atoms with E-state index in [1.54, 1.807) is 26.8 Å². The van der Waals surface area contributed by atoms with E-state index >= 15 is 0 Å². The third kappa shape index (κ3) is 4.32. The highest BCUT2D eigenvalue weighted by molar-refractivity contribution is 7.89.